The van der Waals surface area contributed by atoms with Crippen LogP contribution in [-0.4, -0.2) is 108 Å². The molecule has 5 fully saturated rings. The Morgan fingerprint density at radius 1 is 1.17 bits per heavy atom. The Kier molecular flexibility index (Phi) is 7.23. The van der Waals surface area contributed by atoms with Gasteiger partial charge in [0.25, 0.3) is 0 Å². The molecular formula is C31H42F2N2O7. The van der Waals surface area contributed by atoms with Gasteiger partial charge in [0.2, 0.25) is 5.78 Å². The van der Waals surface area contributed by atoms with Gasteiger partial charge in [-0.05, 0) is 63.3 Å². The molecule has 10 atom stereocenters. The lowest BCUT2D eigenvalue weighted by atomic mass is 9.44. The monoisotopic (exact) mass is 592 g/mol. The first-order valence-corrected chi connectivity index (χ1v) is 15.2. The number of nitrogens with zero attached hydrogens (tertiary/aromatic N) is 2. The van der Waals surface area contributed by atoms with Crippen LogP contribution in [0.4, 0.5) is 13.6 Å². The van der Waals surface area contributed by atoms with Crippen molar-refractivity contribution in [2.75, 3.05) is 39.8 Å². The summed E-state index contributed by atoms with van der Waals surface area (Å²) >= 11 is 0. The number of allylic oxidation sites excluding steroid dienone is 4. The number of hydrogen-bond donors (Lipinski definition) is 1. The predicted octanol–water partition coefficient (Wildman–Crippen LogP) is 3.15. The Labute approximate surface area is 245 Å². The van der Waals surface area contributed by atoms with Gasteiger partial charge < -0.3 is 29.1 Å². The molecule has 232 valence electrons. The molecule has 2 heterocycles. The van der Waals surface area contributed by atoms with Crippen LogP contribution in [0.3, 0.4) is 0 Å². The SMILES string of the molecule is CCCC1O[C@@H]2C[C@H]3[C@@H]4C[C@H](F)C5=CC(=O)C=C[C@]5(C)[C@@]4(F)[C@@H](O)C[C@]3(C)[C@]2(C(=O)COC(=O)N2CCN(C)CC2)O1. The Hall–Kier alpha value is -2.21. The van der Waals surface area contributed by atoms with Gasteiger partial charge in [0.15, 0.2) is 29.9 Å². The topological polar surface area (TPSA) is 106 Å². The maximum absolute atomic E-state index is 17.6. The third-order valence-corrected chi connectivity index (χ3v) is 11.4. The lowest BCUT2D eigenvalue weighted by Gasteiger charge is -2.63. The first-order valence-electron chi connectivity index (χ1n) is 15.2. The second kappa shape index (κ2) is 10.2. The number of alkyl halides is 2. The molecule has 0 aromatic carbocycles. The number of piperazine rings is 1. The zero-order valence-corrected chi connectivity index (χ0v) is 24.8. The summed E-state index contributed by atoms with van der Waals surface area (Å²) in [5.74, 6) is -2.43. The van der Waals surface area contributed by atoms with Crippen LogP contribution >= 0.6 is 0 Å². The van der Waals surface area contributed by atoms with E-state index in [4.69, 9.17) is 14.2 Å². The van der Waals surface area contributed by atoms with E-state index in [0.29, 0.717) is 32.6 Å². The molecule has 1 unspecified atom stereocenters. The van der Waals surface area contributed by atoms with Crippen LogP contribution in [0, 0.1) is 22.7 Å². The van der Waals surface area contributed by atoms with Gasteiger partial charge in [0.05, 0.1) is 12.2 Å². The number of Topliss-reactive ketones (excluding diaryl/α,β-unsaturated/α-hetero) is 1. The summed E-state index contributed by atoms with van der Waals surface area (Å²) in [5.41, 5.74) is -6.47. The first kappa shape index (κ1) is 29.8. The molecule has 42 heavy (non-hydrogen) atoms. The van der Waals surface area contributed by atoms with E-state index in [1.807, 2.05) is 14.0 Å². The van der Waals surface area contributed by atoms with Crippen LogP contribution in [0.1, 0.15) is 52.9 Å². The molecule has 3 saturated carbocycles. The number of likely N-dealkylation sites (N-methyl/N-ethyl adjacent to an activating group) is 1. The second-order valence-corrected chi connectivity index (χ2v) is 13.6. The van der Waals surface area contributed by atoms with Crippen molar-refractivity contribution >= 4 is 17.7 Å². The summed E-state index contributed by atoms with van der Waals surface area (Å²) in [7, 11) is 1.97. The molecule has 6 aliphatic rings. The van der Waals surface area contributed by atoms with Crippen LogP contribution in [-0.2, 0) is 23.8 Å². The number of rotatable bonds is 5. The van der Waals surface area contributed by atoms with E-state index in [0.717, 1.165) is 12.5 Å². The molecular weight excluding hydrogens is 550 g/mol. The molecule has 2 aliphatic heterocycles. The van der Waals surface area contributed by atoms with Crippen molar-refractivity contribution in [3.8, 4) is 0 Å². The number of hydrogen-bond acceptors (Lipinski definition) is 8. The Morgan fingerprint density at radius 2 is 1.88 bits per heavy atom. The average Bonchev–Trinajstić information content (AvgIpc) is 3.43. The summed E-state index contributed by atoms with van der Waals surface area (Å²) in [6, 6.07) is 0. The van der Waals surface area contributed by atoms with Gasteiger partial charge in [-0.2, -0.15) is 0 Å². The minimum Gasteiger partial charge on any atom is -0.441 e. The van der Waals surface area contributed by atoms with Crippen molar-refractivity contribution < 1.29 is 42.5 Å². The number of carbonyl (C=O) groups is 3. The Balaban J connectivity index is 1.33. The normalized spacial score (nSPS) is 46.4. The molecule has 0 aromatic rings. The van der Waals surface area contributed by atoms with Crippen molar-refractivity contribution in [1.82, 2.24) is 9.80 Å². The van der Waals surface area contributed by atoms with E-state index < -0.39 is 82.9 Å². The van der Waals surface area contributed by atoms with E-state index >= 15 is 8.78 Å². The number of aliphatic hydroxyl groups excluding tert-OH is 1. The van der Waals surface area contributed by atoms with E-state index in [2.05, 4.69) is 4.90 Å². The van der Waals surface area contributed by atoms with Gasteiger partial charge >= 0.3 is 6.09 Å². The minimum absolute atomic E-state index is 0.0479. The van der Waals surface area contributed by atoms with Gasteiger partial charge in [-0.1, -0.05) is 26.3 Å². The zero-order chi connectivity index (χ0) is 30.2. The highest BCUT2D eigenvalue weighted by Crippen LogP contribution is 2.72. The van der Waals surface area contributed by atoms with Crippen molar-refractivity contribution in [3.63, 3.8) is 0 Å². The molecule has 0 bridgehead atoms. The fourth-order valence-electron chi connectivity index (χ4n) is 9.20. The van der Waals surface area contributed by atoms with Crippen molar-refractivity contribution in [3.05, 3.63) is 23.8 Å². The summed E-state index contributed by atoms with van der Waals surface area (Å²) < 4.78 is 51.7. The maximum atomic E-state index is 17.6. The van der Waals surface area contributed by atoms with Crippen molar-refractivity contribution in [2.24, 2.45) is 22.7 Å². The minimum atomic E-state index is -2.28. The van der Waals surface area contributed by atoms with Crippen LogP contribution in [0.25, 0.3) is 0 Å². The fourth-order valence-corrected chi connectivity index (χ4v) is 9.20. The van der Waals surface area contributed by atoms with E-state index in [-0.39, 0.29) is 24.8 Å². The van der Waals surface area contributed by atoms with Crippen molar-refractivity contribution in [2.45, 2.75) is 88.8 Å². The average molecular weight is 593 g/mol. The zero-order valence-electron chi connectivity index (χ0n) is 24.8. The smallest absolute Gasteiger partial charge is 0.410 e. The molecule has 4 aliphatic carbocycles. The number of ether oxygens (including phenoxy) is 3. The van der Waals surface area contributed by atoms with Gasteiger partial charge in [0.1, 0.15) is 6.17 Å². The quantitative estimate of drug-likeness (QED) is 0.519. The number of aliphatic hydroxyl groups is 1. The number of carbonyl (C=O) groups excluding carboxylic acids is 3. The third-order valence-electron chi connectivity index (χ3n) is 11.4. The number of fused-ring (bicyclic) bond motifs is 7. The lowest BCUT2D eigenvalue weighted by Crippen LogP contribution is -2.71. The maximum Gasteiger partial charge on any atom is 0.410 e. The molecule has 0 radical (unpaired) electrons. The van der Waals surface area contributed by atoms with Crippen LogP contribution in [0.2, 0.25) is 0 Å². The fraction of sp³-hybridized carbons (Fsp3) is 0.774. The predicted molar refractivity (Wildman–Crippen MR) is 147 cm³/mol. The molecule has 1 N–H and O–H groups in total. The molecule has 6 rings (SSSR count). The standard InChI is InChI=1S/C31H42F2N2O7/c1-5-6-26-41-25-15-19-20-14-22(32)21-13-18(36)7-8-28(21,2)30(20,33)23(37)16-29(19,3)31(25,42-26)24(38)17-40-27(39)35-11-9-34(4)10-12-35/h7-8,13,19-20,22-23,25-26,37H,5-6,9-12,14-17H2,1-4H3/t19-,20-,22-,23-,25+,26?,28-,29-,30-,31+/m0/s1. The molecule has 0 aromatic heterocycles. The first-order chi connectivity index (χ1) is 19.8. The molecule has 9 nitrogen and oxygen atoms in total. The number of ketones is 2. The van der Waals surface area contributed by atoms with Gasteiger partial charge in [-0.3, -0.25) is 9.59 Å². The number of halogens is 2. The molecule has 1 amide bonds. The largest absolute Gasteiger partial charge is 0.441 e. The number of amides is 1. The summed E-state index contributed by atoms with van der Waals surface area (Å²) in [6.45, 7) is 7.15. The Bertz CT molecular complexity index is 1220. The summed E-state index contributed by atoms with van der Waals surface area (Å²) in [6.07, 6.45) is -0.249. The van der Waals surface area contributed by atoms with Gasteiger partial charge in [-0.15, -0.1) is 0 Å². The molecule has 0 spiro atoms. The summed E-state index contributed by atoms with van der Waals surface area (Å²) in [4.78, 5) is 42.8. The van der Waals surface area contributed by atoms with E-state index in [9.17, 15) is 19.5 Å². The van der Waals surface area contributed by atoms with Crippen molar-refractivity contribution in [1.29, 1.82) is 0 Å². The second-order valence-electron chi connectivity index (χ2n) is 13.6. The van der Waals surface area contributed by atoms with Gasteiger partial charge in [0, 0.05) is 42.9 Å². The van der Waals surface area contributed by atoms with Crippen LogP contribution in [0.15, 0.2) is 23.8 Å². The molecule has 2 saturated heterocycles. The highest BCUT2D eigenvalue weighted by molar-refractivity contribution is 6.01. The highest BCUT2D eigenvalue weighted by Gasteiger charge is 2.80. The highest BCUT2D eigenvalue weighted by atomic mass is 19.1. The Morgan fingerprint density at radius 3 is 2.57 bits per heavy atom. The third kappa shape index (κ3) is 3.95. The lowest BCUT2D eigenvalue weighted by molar-refractivity contribution is -0.234. The van der Waals surface area contributed by atoms with Crippen LogP contribution in [0.5, 0.6) is 0 Å². The van der Waals surface area contributed by atoms with Gasteiger partial charge in [-0.25, -0.2) is 13.6 Å². The summed E-state index contributed by atoms with van der Waals surface area (Å²) in [5, 5.41) is 11.7. The van der Waals surface area contributed by atoms with E-state index in [1.165, 1.54) is 12.2 Å². The van der Waals surface area contributed by atoms with E-state index in [1.54, 1.807) is 18.7 Å². The van der Waals surface area contributed by atoms with Crippen LogP contribution < -0.4 is 0 Å². The molecule has 11 heteroatoms.